The van der Waals surface area contributed by atoms with Crippen LogP contribution in [0.3, 0.4) is 0 Å². The molecule has 1 nitrogen and oxygen atoms in total. The van der Waals surface area contributed by atoms with E-state index in [-0.39, 0.29) is 5.92 Å². The number of carbonyl (C=O) groups excluding carboxylic acids is 1. The van der Waals surface area contributed by atoms with Crippen molar-refractivity contribution in [3.8, 4) is 0 Å². The van der Waals surface area contributed by atoms with Gasteiger partial charge in [0.2, 0.25) is 0 Å². The minimum Gasteiger partial charge on any atom is -0.299 e. The molecule has 1 aromatic heterocycles. The van der Waals surface area contributed by atoms with E-state index in [0.29, 0.717) is 12.2 Å². The third-order valence-electron chi connectivity index (χ3n) is 3.02. The van der Waals surface area contributed by atoms with E-state index in [1.165, 1.54) is 5.56 Å². The van der Waals surface area contributed by atoms with E-state index in [0.717, 1.165) is 12.0 Å². The number of benzene rings is 1. The summed E-state index contributed by atoms with van der Waals surface area (Å²) >= 11 is 1.68. The van der Waals surface area contributed by atoms with Gasteiger partial charge < -0.3 is 0 Å². The van der Waals surface area contributed by atoms with Crippen LogP contribution in [0.2, 0.25) is 0 Å². The van der Waals surface area contributed by atoms with Crippen molar-refractivity contribution in [1.82, 2.24) is 0 Å². The molecule has 1 aromatic carbocycles. The molecule has 0 N–H and O–H groups in total. The van der Waals surface area contributed by atoms with E-state index in [1.54, 1.807) is 11.3 Å². The third kappa shape index (κ3) is 3.27. The summed E-state index contributed by atoms with van der Waals surface area (Å²) < 4.78 is 0. The van der Waals surface area contributed by atoms with Crippen molar-refractivity contribution >= 4 is 17.1 Å². The summed E-state index contributed by atoms with van der Waals surface area (Å²) in [5, 5.41) is 4.17. The second kappa shape index (κ2) is 5.78. The van der Waals surface area contributed by atoms with Crippen LogP contribution in [-0.4, -0.2) is 5.78 Å². The minimum atomic E-state index is 0.00911. The second-order valence-corrected chi connectivity index (χ2v) is 5.01. The molecule has 0 saturated heterocycles. The molecule has 0 aliphatic rings. The summed E-state index contributed by atoms with van der Waals surface area (Å²) in [5.74, 6) is 0.331. The van der Waals surface area contributed by atoms with Crippen LogP contribution < -0.4 is 0 Å². The molecule has 0 aliphatic heterocycles. The van der Waals surface area contributed by atoms with E-state index in [4.69, 9.17) is 0 Å². The second-order valence-electron chi connectivity index (χ2n) is 4.23. The SMILES string of the molecule is CC(C(=O)CCc1ccsc1)c1ccccc1. The molecule has 2 rings (SSSR count). The number of rotatable bonds is 5. The largest absolute Gasteiger partial charge is 0.299 e. The maximum atomic E-state index is 12.0. The fourth-order valence-corrected chi connectivity index (χ4v) is 2.55. The van der Waals surface area contributed by atoms with Gasteiger partial charge >= 0.3 is 0 Å². The molecule has 0 radical (unpaired) electrons. The minimum absolute atomic E-state index is 0.00911. The van der Waals surface area contributed by atoms with E-state index in [2.05, 4.69) is 16.8 Å². The number of hydrogen-bond donors (Lipinski definition) is 0. The van der Waals surface area contributed by atoms with Gasteiger partial charge in [-0.2, -0.15) is 11.3 Å². The van der Waals surface area contributed by atoms with Crippen LogP contribution >= 0.6 is 11.3 Å². The lowest BCUT2D eigenvalue weighted by atomic mass is 9.93. The van der Waals surface area contributed by atoms with Crippen molar-refractivity contribution < 1.29 is 4.79 Å². The van der Waals surface area contributed by atoms with Crippen LogP contribution in [0.1, 0.15) is 30.4 Å². The van der Waals surface area contributed by atoms with E-state index in [9.17, 15) is 4.79 Å². The molecule has 17 heavy (non-hydrogen) atoms. The molecule has 0 saturated carbocycles. The molecule has 0 spiro atoms. The average Bonchev–Trinajstić information content (AvgIpc) is 2.89. The first kappa shape index (κ1) is 12.1. The predicted octanol–water partition coefficient (Wildman–Crippen LogP) is 4.05. The highest BCUT2D eigenvalue weighted by Crippen LogP contribution is 2.18. The lowest BCUT2D eigenvalue weighted by molar-refractivity contribution is -0.120. The number of carbonyl (C=O) groups is 1. The highest BCUT2D eigenvalue weighted by atomic mass is 32.1. The Labute approximate surface area is 106 Å². The normalized spacial score (nSPS) is 12.3. The molecular formula is C15H16OS. The van der Waals surface area contributed by atoms with Gasteiger partial charge in [0.1, 0.15) is 5.78 Å². The summed E-state index contributed by atoms with van der Waals surface area (Å²) in [6.45, 7) is 1.99. The van der Waals surface area contributed by atoms with Gasteiger partial charge in [0, 0.05) is 12.3 Å². The first-order valence-electron chi connectivity index (χ1n) is 5.86. The van der Waals surface area contributed by atoms with Crippen LogP contribution in [0.15, 0.2) is 47.2 Å². The van der Waals surface area contributed by atoms with Gasteiger partial charge in [-0.15, -0.1) is 0 Å². The van der Waals surface area contributed by atoms with Crippen LogP contribution in [0, 0.1) is 0 Å². The highest BCUT2D eigenvalue weighted by molar-refractivity contribution is 7.07. The molecule has 1 heterocycles. The number of ketones is 1. The standard InChI is InChI=1S/C15H16OS/c1-12(14-5-3-2-4-6-14)15(16)8-7-13-9-10-17-11-13/h2-6,9-12H,7-8H2,1H3. The molecular weight excluding hydrogens is 228 g/mol. The first-order chi connectivity index (χ1) is 8.27. The fourth-order valence-electron chi connectivity index (χ4n) is 1.85. The molecule has 88 valence electrons. The fraction of sp³-hybridized carbons (Fsp3) is 0.267. The van der Waals surface area contributed by atoms with Gasteiger partial charge in [-0.1, -0.05) is 37.3 Å². The Balaban J connectivity index is 1.92. The van der Waals surface area contributed by atoms with Crippen LogP contribution in [0.5, 0.6) is 0 Å². The third-order valence-corrected chi connectivity index (χ3v) is 3.75. The maximum absolute atomic E-state index is 12.0. The van der Waals surface area contributed by atoms with Gasteiger partial charge in [-0.25, -0.2) is 0 Å². The summed E-state index contributed by atoms with van der Waals surface area (Å²) in [5.41, 5.74) is 2.38. The Morgan fingerprint density at radius 3 is 2.65 bits per heavy atom. The van der Waals surface area contributed by atoms with Crippen molar-refractivity contribution in [3.05, 3.63) is 58.3 Å². The lowest BCUT2D eigenvalue weighted by Gasteiger charge is -2.10. The van der Waals surface area contributed by atoms with Crippen LogP contribution in [0.25, 0.3) is 0 Å². The van der Waals surface area contributed by atoms with Gasteiger partial charge in [-0.05, 0) is 34.4 Å². The zero-order chi connectivity index (χ0) is 12.1. The van der Waals surface area contributed by atoms with Crippen molar-refractivity contribution in [3.63, 3.8) is 0 Å². The number of thiophene rings is 1. The monoisotopic (exact) mass is 244 g/mol. The zero-order valence-electron chi connectivity index (χ0n) is 9.93. The van der Waals surface area contributed by atoms with Crippen LogP contribution in [-0.2, 0) is 11.2 Å². The van der Waals surface area contributed by atoms with Crippen LogP contribution in [0.4, 0.5) is 0 Å². The molecule has 2 aromatic rings. The van der Waals surface area contributed by atoms with Gasteiger partial charge in [-0.3, -0.25) is 4.79 Å². The topological polar surface area (TPSA) is 17.1 Å². The average molecular weight is 244 g/mol. The molecule has 0 aliphatic carbocycles. The van der Waals surface area contributed by atoms with E-state index >= 15 is 0 Å². The first-order valence-corrected chi connectivity index (χ1v) is 6.80. The van der Waals surface area contributed by atoms with E-state index in [1.807, 2.05) is 37.3 Å². The Kier molecular flexibility index (Phi) is 4.10. The van der Waals surface area contributed by atoms with Gasteiger partial charge in [0.25, 0.3) is 0 Å². The Morgan fingerprint density at radius 1 is 1.24 bits per heavy atom. The molecule has 2 heteroatoms. The predicted molar refractivity (Wildman–Crippen MR) is 72.5 cm³/mol. The summed E-state index contributed by atoms with van der Waals surface area (Å²) in [6.07, 6.45) is 1.49. The molecule has 0 fully saturated rings. The van der Waals surface area contributed by atoms with Gasteiger partial charge in [0.05, 0.1) is 0 Å². The van der Waals surface area contributed by atoms with Crippen molar-refractivity contribution in [2.45, 2.75) is 25.7 Å². The maximum Gasteiger partial charge on any atom is 0.140 e. The number of Topliss-reactive ketones (excluding diaryl/α,β-unsaturated/α-hetero) is 1. The lowest BCUT2D eigenvalue weighted by Crippen LogP contribution is -2.09. The number of aryl methyl sites for hydroxylation is 1. The summed E-state index contributed by atoms with van der Waals surface area (Å²) in [4.78, 5) is 12.0. The molecule has 0 bridgehead atoms. The number of hydrogen-bond acceptors (Lipinski definition) is 2. The van der Waals surface area contributed by atoms with Crippen molar-refractivity contribution in [1.29, 1.82) is 0 Å². The quantitative estimate of drug-likeness (QED) is 0.775. The van der Waals surface area contributed by atoms with Gasteiger partial charge in [0.15, 0.2) is 0 Å². The Morgan fingerprint density at radius 2 is 2.00 bits per heavy atom. The summed E-state index contributed by atoms with van der Waals surface area (Å²) in [7, 11) is 0. The zero-order valence-corrected chi connectivity index (χ0v) is 10.7. The highest BCUT2D eigenvalue weighted by Gasteiger charge is 2.14. The van der Waals surface area contributed by atoms with Crippen molar-refractivity contribution in [2.24, 2.45) is 0 Å². The molecule has 1 unspecified atom stereocenters. The Hall–Kier alpha value is -1.41. The molecule has 0 amide bonds. The Bertz CT molecular complexity index is 459. The summed E-state index contributed by atoms with van der Waals surface area (Å²) in [6, 6.07) is 12.1. The van der Waals surface area contributed by atoms with Crippen molar-refractivity contribution in [2.75, 3.05) is 0 Å². The smallest absolute Gasteiger partial charge is 0.140 e. The van der Waals surface area contributed by atoms with E-state index < -0.39 is 0 Å². The molecule has 1 atom stereocenters.